The van der Waals surface area contributed by atoms with Crippen molar-refractivity contribution >= 4 is 23.3 Å². The molecule has 0 amide bonds. The number of alkyl halides is 6. The van der Waals surface area contributed by atoms with Crippen LogP contribution >= 0.6 is 11.3 Å². The number of thiophene rings is 1. The Morgan fingerprint density at radius 3 is 2.03 bits per heavy atom. The number of rotatable bonds is 6. The van der Waals surface area contributed by atoms with E-state index in [1.54, 1.807) is 0 Å². The molecule has 212 valence electrons. The van der Waals surface area contributed by atoms with E-state index in [0.717, 1.165) is 31.6 Å². The van der Waals surface area contributed by atoms with Crippen LogP contribution < -0.4 is 0 Å². The summed E-state index contributed by atoms with van der Waals surface area (Å²) in [6.45, 7) is 8.15. The van der Waals surface area contributed by atoms with Gasteiger partial charge >= 0.3 is 24.3 Å². The standard InChI is InChI=1S/C19H30N2OS.2C2HF3O2/c1-20-11-18(13-22-12-16-2-3-16)19(15-20)5-7-21(8-6-19)10-17-4-9-23-14-17;2*3-2(4,5)1(6)7/h4,9,14,16,18H,2-3,5-8,10-13,15H2,1H3;2*(H,6,7). The van der Waals surface area contributed by atoms with Gasteiger partial charge in [0.25, 0.3) is 0 Å². The number of carboxylic acid groups (broad SMARTS) is 2. The third-order valence-corrected chi connectivity index (χ3v) is 7.41. The minimum Gasteiger partial charge on any atom is -0.475 e. The molecule has 1 saturated carbocycles. The van der Waals surface area contributed by atoms with E-state index in [-0.39, 0.29) is 0 Å². The fraction of sp³-hybridized carbons (Fsp3) is 0.739. The molecule has 2 aliphatic heterocycles. The van der Waals surface area contributed by atoms with Crippen LogP contribution in [-0.4, -0.2) is 90.7 Å². The molecule has 1 aromatic heterocycles. The van der Waals surface area contributed by atoms with Gasteiger partial charge in [-0.05, 0) is 79.5 Å². The van der Waals surface area contributed by atoms with Gasteiger partial charge in [-0.3, -0.25) is 4.90 Å². The molecule has 37 heavy (non-hydrogen) atoms. The number of carbonyl (C=O) groups is 2. The quantitative estimate of drug-likeness (QED) is 0.491. The van der Waals surface area contributed by atoms with Crippen molar-refractivity contribution in [3.8, 4) is 0 Å². The lowest BCUT2D eigenvalue weighted by Gasteiger charge is -2.42. The summed E-state index contributed by atoms with van der Waals surface area (Å²) < 4.78 is 69.6. The van der Waals surface area contributed by atoms with E-state index in [4.69, 9.17) is 24.5 Å². The van der Waals surface area contributed by atoms with Crippen molar-refractivity contribution in [2.45, 2.75) is 44.6 Å². The maximum atomic E-state index is 10.6. The molecule has 0 bridgehead atoms. The van der Waals surface area contributed by atoms with Crippen molar-refractivity contribution in [1.82, 2.24) is 9.80 Å². The highest BCUT2D eigenvalue weighted by molar-refractivity contribution is 7.07. The Morgan fingerprint density at radius 2 is 1.59 bits per heavy atom. The molecule has 2 N–H and O–H groups in total. The highest BCUT2D eigenvalue weighted by Crippen LogP contribution is 2.44. The first-order valence-electron chi connectivity index (χ1n) is 11.7. The van der Waals surface area contributed by atoms with E-state index < -0.39 is 24.3 Å². The summed E-state index contributed by atoms with van der Waals surface area (Å²) in [5.41, 5.74) is 2.00. The highest BCUT2D eigenvalue weighted by Gasteiger charge is 2.47. The summed E-state index contributed by atoms with van der Waals surface area (Å²) in [5.74, 6) is -3.88. The Bertz CT molecular complexity index is 829. The van der Waals surface area contributed by atoms with E-state index in [9.17, 15) is 26.3 Å². The molecular formula is C23H32F6N2O5S. The number of hydrogen-bond donors (Lipinski definition) is 2. The molecular weight excluding hydrogens is 530 g/mol. The van der Waals surface area contributed by atoms with Gasteiger partial charge in [0.05, 0.1) is 6.61 Å². The number of carboxylic acids is 2. The number of nitrogens with zero attached hydrogens (tertiary/aromatic N) is 2. The van der Waals surface area contributed by atoms with Gasteiger partial charge in [-0.15, -0.1) is 0 Å². The second kappa shape index (κ2) is 13.3. The lowest BCUT2D eigenvalue weighted by atomic mass is 9.71. The molecule has 0 aromatic carbocycles. The van der Waals surface area contributed by atoms with Crippen LogP contribution in [-0.2, 0) is 20.9 Å². The number of piperidine rings is 1. The van der Waals surface area contributed by atoms with Crippen molar-refractivity contribution < 1.29 is 50.9 Å². The number of ether oxygens (including phenoxy) is 1. The zero-order valence-electron chi connectivity index (χ0n) is 20.4. The lowest BCUT2D eigenvalue weighted by Crippen LogP contribution is -2.44. The Balaban J connectivity index is 0.000000286. The fourth-order valence-corrected chi connectivity index (χ4v) is 5.22. The van der Waals surface area contributed by atoms with Crippen LogP contribution in [0.4, 0.5) is 26.3 Å². The monoisotopic (exact) mass is 562 g/mol. The summed E-state index contributed by atoms with van der Waals surface area (Å²) in [7, 11) is 2.29. The minimum absolute atomic E-state index is 0.517. The normalized spacial score (nSPS) is 22.1. The predicted octanol–water partition coefficient (Wildman–Crippen LogP) is 4.59. The van der Waals surface area contributed by atoms with Gasteiger partial charge in [0.2, 0.25) is 0 Å². The molecule has 1 unspecified atom stereocenters. The number of likely N-dealkylation sites (tertiary alicyclic amines) is 2. The first-order chi connectivity index (χ1) is 17.1. The molecule has 7 nitrogen and oxygen atoms in total. The van der Waals surface area contributed by atoms with Gasteiger partial charge in [-0.25, -0.2) is 9.59 Å². The van der Waals surface area contributed by atoms with Gasteiger partial charge in [-0.2, -0.15) is 37.7 Å². The Morgan fingerprint density at radius 1 is 1.05 bits per heavy atom. The molecule has 3 fully saturated rings. The van der Waals surface area contributed by atoms with Crippen LogP contribution in [0.25, 0.3) is 0 Å². The number of hydrogen-bond acceptors (Lipinski definition) is 6. The van der Waals surface area contributed by atoms with Gasteiger partial charge in [0, 0.05) is 32.2 Å². The first-order valence-corrected chi connectivity index (χ1v) is 12.7. The summed E-state index contributed by atoms with van der Waals surface area (Å²) in [6, 6.07) is 2.27. The van der Waals surface area contributed by atoms with Crippen LogP contribution in [0.2, 0.25) is 0 Å². The molecule has 0 radical (unpaired) electrons. The maximum Gasteiger partial charge on any atom is 0.490 e. The molecule has 3 heterocycles. The van der Waals surface area contributed by atoms with Crippen molar-refractivity contribution in [1.29, 1.82) is 0 Å². The van der Waals surface area contributed by atoms with E-state index in [1.807, 2.05) is 11.3 Å². The summed E-state index contributed by atoms with van der Waals surface area (Å²) >= 11 is 1.81. The smallest absolute Gasteiger partial charge is 0.475 e. The average Bonchev–Trinajstić information content (AvgIpc) is 3.37. The fourth-order valence-electron chi connectivity index (χ4n) is 4.56. The molecule has 2 saturated heterocycles. The lowest BCUT2D eigenvalue weighted by molar-refractivity contribution is -0.193. The summed E-state index contributed by atoms with van der Waals surface area (Å²) in [4.78, 5) is 23.0. The second-order valence-corrected chi connectivity index (χ2v) is 10.5. The topological polar surface area (TPSA) is 90.3 Å². The van der Waals surface area contributed by atoms with Crippen LogP contribution in [0.5, 0.6) is 0 Å². The minimum atomic E-state index is -5.08. The first kappa shape index (κ1) is 31.3. The van der Waals surface area contributed by atoms with Crippen molar-refractivity contribution in [3.05, 3.63) is 22.4 Å². The second-order valence-electron chi connectivity index (χ2n) is 9.75. The van der Waals surface area contributed by atoms with Gasteiger partial charge in [0.1, 0.15) is 0 Å². The SMILES string of the molecule is CN1CC(COCC2CC2)C2(CCN(Cc3ccsc3)CC2)C1.O=C(O)C(F)(F)F.O=C(O)C(F)(F)F. The van der Waals surface area contributed by atoms with Crippen LogP contribution in [0, 0.1) is 17.3 Å². The van der Waals surface area contributed by atoms with Crippen LogP contribution in [0.15, 0.2) is 16.8 Å². The van der Waals surface area contributed by atoms with Crippen molar-refractivity contribution in [3.63, 3.8) is 0 Å². The molecule has 1 atom stereocenters. The molecule has 1 aliphatic carbocycles. The molecule has 1 aromatic rings. The highest BCUT2D eigenvalue weighted by atomic mass is 32.1. The number of aliphatic carboxylic acids is 2. The largest absolute Gasteiger partial charge is 0.490 e. The Hall–Kier alpha value is -1.90. The van der Waals surface area contributed by atoms with E-state index in [0.29, 0.717) is 5.41 Å². The summed E-state index contributed by atoms with van der Waals surface area (Å²) in [6.07, 6.45) is -4.68. The third kappa shape index (κ3) is 10.8. The molecule has 1 spiro atoms. The zero-order valence-corrected chi connectivity index (χ0v) is 21.2. The Kier molecular flexibility index (Phi) is 11.2. The van der Waals surface area contributed by atoms with E-state index in [1.165, 1.54) is 57.4 Å². The van der Waals surface area contributed by atoms with Gasteiger partial charge in [-0.1, -0.05) is 0 Å². The molecule has 14 heteroatoms. The summed E-state index contributed by atoms with van der Waals surface area (Å²) in [5, 5.41) is 18.7. The maximum absolute atomic E-state index is 10.6. The van der Waals surface area contributed by atoms with Gasteiger partial charge in [0.15, 0.2) is 0 Å². The van der Waals surface area contributed by atoms with Gasteiger partial charge < -0.3 is 19.8 Å². The van der Waals surface area contributed by atoms with Crippen LogP contribution in [0.3, 0.4) is 0 Å². The number of halogens is 6. The Labute approximate surface area is 215 Å². The van der Waals surface area contributed by atoms with E-state index >= 15 is 0 Å². The zero-order chi connectivity index (χ0) is 27.9. The molecule has 3 aliphatic rings. The van der Waals surface area contributed by atoms with Crippen LogP contribution in [0.1, 0.15) is 31.2 Å². The van der Waals surface area contributed by atoms with E-state index in [2.05, 4.69) is 33.7 Å². The van der Waals surface area contributed by atoms with Crippen molar-refractivity contribution in [2.75, 3.05) is 46.4 Å². The van der Waals surface area contributed by atoms with Crippen molar-refractivity contribution in [2.24, 2.45) is 17.3 Å². The average molecular weight is 563 g/mol. The third-order valence-electron chi connectivity index (χ3n) is 6.68. The molecule has 4 rings (SSSR count). The predicted molar refractivity (Wildman–Crippen MR) is 123 cm³/mol.